The molecule has 2 aromatic carbocycles. The Labute approximate surface area is 140 Å². The third-order valence-electron chi connectivity index (χ3n) is 4.81. The molecule has 0 amide bonds. The third kappa shape index (κ3) is 3.76. The lowest BCUT2D eigenvalue weighted by molar-refractivity contribution is 0.245. The molecule has 0 unspecified atom stereocenters. The van der Waals surface area contributed by atoms with Crippen molar-refractivity contribution in [2.75, 3.05) is 18.9 Å². The van der Waals surface area contributed by atoms with E-state index in [2.05, 4.69) is 73.5 Å². The van der Waals surface area contributed by atoms with E-state index in [1.807, 2.05) is 7.05 Å². The lowest BCUT2D eigenvalue weighted by atomic mass is 9.86. The van der Waals surface area contributed by atoms with E-state index in [1.54, 1.807) is 0 Å². The molecule has 0 fully saturated rings. The van der Waals surface area contributed by atoms with E-state index < -0.39 is 0 Å². The van der Waals surface area contributed by atoms with E-state index in [9.17, 15) is 0 Å². The predicted molar refractivity (Wildman–Crippen MR) is 98.9 cm³/mol. The molecule has 0 atom stereocenters. The summed E-state index contributed by atoms with van der Waals surface area (Å²) in [6.45, 7) is 10.0. The van der Waals surface area contributed by atoms with Crippen LogP contribution in [-0.4, -0.2) is 18.5 Å². The molecule has 2 nitrogen and oxygen atoms in total. The second kappa shape index (κ2) is 6.37. The van der Waals surface area contributed by atoms with Crippen LogP contribution in [0.15, 0.2) is 42.5 Å². The summed E-state index contributed by atoms with van der Waals surface area (Å²) in [5, 5.41) is 3.24. The number of nitrogens with one attached hydrogen (secondary N) is 1. The molecule has 1 N–H and O–H groups in total. The Bertz CT molecular complexity index is 665. The topological polar surface area (TPSA) is 15.3 Å². The average Bonchev–Trinajstić information content (AvgIpc) is 2.54. The summed E-state index contributed by atoms with van der Waals surface area (Å²) in [6.07, 6.45) is 1.15. The number of rotatable bonds is 3. The standard InChI is InChI=1S/C21H28N2/c1-21(2,3)19-8-5-16(6-9-19)14-23-12-11-17-7-10-20(22-4)13-18(17)15-23/h5-10,13,22H,11-12,14-15H2,1-4H3. The van der Waals surface area contributed by atoms with Crippen molar-refractivity contribution >= 4 is 5.69 Å². The second-order valence-corrected chi connectivity index (χ2v) is 7.64. The summed E-state index contributed by atoms with van der Waals surface area (Å²) in [6, 6.07) is 15.9. The molecular weight excluding hydrogens is 280 g/mol. The zero-order valence-corrected chi connectivity index (χ0v) is 14.8. The monoisotopic (exact) mass is 308 g/mol. The lowest BCUT2D eigenvalue weighted by Crippen LogP contribution is -2.30. The molecule has 1 aliphatic heterocycles. The van der Waals surface area contributed by atoms with Crippen LogP contribution in [0.25, 0.3) is 0 Å². The highest BCUT2D eigenvalue weighted by Gasteiger charge is 2.17. The minimum atomic E-state index is 0.228. The first-order chi connectivity index (χ1) is 11.0. The van der Waals surface area contributed by atoms with Crippen molar-refractivity contribution in [2.45, 2.75) is 45.7 Å². The van der Waals surface area contributed by atoms with Crippen molar-refractivity contribution < 1.29 is 0 Å². The van der Waals surface area contributed by atoms with E-state index in [-0.39, 0.29) is 5.41 Å². The number of hydrogen-bond donors (Lipinski definition) is 1. The van der Waals surface area contributed by atoms with Crippen LogP contribution < -0.4 is 5.32 Å². The van der Waals surface area contributed by atoms with Crippen molar-refractivity contribution in [1.29, 1.82) is 0 Å². The first-order valence-electron chi connectivity index (χ1n) is 8.57. The molecule has 2 heteroatoms. The highest BCUT2D eigenvalue weighted by atomic mass is 15.1. The van der Waals surface area contributed by atoms with Crippen LogP contribution in [-0.2, 0) is 24.9 Å². The maximum atomic E-state index is 3.24. The smallest absolute Gasteiger partial charge is 0.0341 e. The van der Waals surface area contributed by atoms with Gasteiger partial charge in [-0.05, 0) is 46.2 Å². The molecule has 0 saturated carbocycles. The zero-order chi connectivity index (χ0) is 16.4. The van der Waals surface area contributed by atoms with Crippen LogP contribution in [0.1, 0.15) is 43.0 Å². The Morgan fingerprint density at radius 1 is 1.00 bits per heavy atom. The van der Waals surface area contributed by atoms with Crippen LogP contribution in [0.2, 0.25) is 0 Å². The molecular formula is C21H28N2. The van der Waals surface area contributed by atoms with E-state index >= 15 is 0 Å². The predicted octanol–water partition coefficient (Wildman–Crippen LogP) is 4.58. The van der Waals surface area contributed by atoms with Gasteiger partial charge in [-0.25, -0.2) is 0 Å². The van der Waals surface area contributed by atoms with Gasteiger partial charge in [-0.15, -0.1) is 0 Å². The lowest BCUT2D eigenvalue weighted by Gasteiger charge is -2.29. The molecule has 1 heterocycles. The van der Waals surface area contributed by atoms with Crippen molar-refractivity contribution in [3.63, 3.8) is 0 Å². The number of nitrogens with zero attached hydrogens (tertiary/aromatic N) is 1. The van der Waals surface area contributed by atoms with Gasteiger partial charge < -0.3 is 5.32 Å². The van der Waals surface area contributed by atoms with E-state index in [0.717, 1.165) is 26.1 Å². The third-order valence-corrected chi connectivity index (χ3v) is 4.81. The maximum Gasteiger partial charge on any atom is 0.0341 e. The molecule has 122 valence electrons. The maximum absolute atomic E-state index is 3.24. The Balaban J connectivity index is 1.69. The quantitative estimate of drug-likeness (QED) is 0.892. The molecule has 3 rings (SSSR count). The van der Waals surface area contributed by atoms with Crippen molar-refractivity contribution in [3.8, 4) is 0 Å². The fraction of sp³-hybridized carbons (Fsp3) is 0.429. The van der Waals surface area contributed by atoms with Gasteiger partial charge in [-0.1, -0.05) is 51.1 Å². The van der Waals surface area contributed by atoms with Gasteiger partial charge in [0.2, 0.25) is 0 Å². The summed E-state index contributed by atoms with van der Waals surface area (Å²) >= 11 is 0. The summed E-state index contributed by atoms with van der Waals surface area (Å²) in [4.78, 5) is 2.55. The summed E-state index contributed by atoms with van der Waals surface area (Å²) in [5.41, 5.74) is 7.22. The molecule has 2 aromatic rings. The van der Waals surface area contributed by atoms with Crippen LogP contribution >= 0.6 is 0 Å². The van der Waals surface area contributed by atoms with Crippen LogP contribution in [0.5, 0.6) is 0 Å². The Morgan fingerprint density at radius 3 is 2.39 bits per heavy atom. The van der Waals surface area contributed by atoms with Gasteiger partial charge in [0.1, 0.15) is 0 Å². The number of benzene rings is 2. The Morgan fingerprint density at radius 2 is 1.74 bits per heavy atom. The van der Waals surface area contributed by atoms with Gasteiger partial charge in [0.15, 0.2) is 0 Å². The fourth-order valence-electron chi connectivity index (χ4n) is 3.27. The Hall–Kier alpha value is -1.80. The second-order valence-electron chi connectivity index (χ2n) is 7.64. The summed E-state index contributed by atoms with van der Waals surface area (Å²) in [7, 11) is 1.99. The molecule has 1 aliphatic rings. The summed E-state index contributed by atoms with van der Waals surface area (Å²) in [5.74, 6) is 0. The molecule has 0 aliphatic carbocycles. The van der Waals surface area contributed by atoms with Gasteiger partial charge >= 0.3 is 0 Å². The SMILES string of the molecule is CNc1ccc2c(c1)CN(Cc1ccc(C(C)(C)C)cc1)CC2. The molecule has 0 saturated heterocycles. The molecule has 0 spiro atoms. The van der Waals surface area contributed by atoms with Crippen molar-refractivity contribution in [1.82, 2.24) is 4.90 Å². The van der Waals surface area contributed by atoms with Gasteiger partial charge in [-0.3, -0.25) is 4.90 Å². The highest BCUT2D eigenvalue weighted by Crippen LogP contribution is 2.25. The number of hydrogen-bond acceptors (Lipinski definition) is 2. The minimum Gasteiger partial charge on any atom is -0.388 e. The summed E-state index contributed by atoms with van der Waals surface area (Å²) < 4.78 is 0. The highest BCUT2D eigenvalue weighted by molar-refractivity contribution is 5.49. The molecule has 0 aromatic heterocycles. The van der Waals surface area contributed by atoms with Crippen LogP contribution in [0.4, 0.5) is 5.69 Å². The fourth-order valence-corrected chi connectivity index (χ4v) is 3.27. The number of fused-ring (bicyclic) bond motifs is 1. The van der Waals surface area contributed by atoms with E-state index in [4.69, 9.17) is 0 Å². The van der Waals surface area contributed by atoms with Gasteiger partial charge in [-0.2, -0.15) is 0 Å². The molecule has 0 radical (unpaired) electrons. The van der Waals surface area contributed by atoms with Crippen molar-refractivity contribution in [3.05, 3.63) is 64.7 Å². The van der Waals surface area contributed by atoms with Gasteiger partial charge in [0.05, 0.1) is 0 Å². The molecule has 0 bridgehead atoms. The average molecular weight is 308 g/mol. The zero-order valence-electron chi connectivity index (χ0n) is 14.8. The Kier molecular flexibility index (Phi) is 4.45. The molecule has 23 heavy (non-hydrogen) atoms. The largest absolute Gasteiger partial charge is 0.388 e. The first-order valence-corrected chi connectivity index (χ1v) is 8.57. The van der Waals surface area contributed by atoms with E-state index in [1.165, 1.54) is 27.9 Å². The van der Waals surface area contributed by atoms with E-state index in [0.29, 0.717) is 0 Å². The van der Waals surface area contributed by atoms with Gasteiger partial charge in [0, 0.05) is 32.4 Å². The van der Waals surface area contributed by atoms with Crippen LogP contribution in [0, 0.1) is 0 Å². The van der Waals surface area contributed by atoms with Crippen molar-refractivity contribution in [2.24, 2.45) is 0 Å². The minimum absolute atomic E-state index is 0.228. The number of anilines is 1. The van der Waals surface area contributed by atoms with Gasteiger partial charge in [0.25, 0.3) is 0 Å². The van der Waals surface area contributed by atoms with Crippen LogP contribution in [0.3, 0.4) is 0 Å². The normalized spacial score (nSPS) is 15.3. The first kappa shape index (κ1) is 16.1.